The first-order valence-corrected chi connectivity index (χ1v) is 10.9. The third-order valence-corrected chi connectivity index (χ3v) is 12.5. The predicted octanol–water partition coefficient (Wildman–Crippen LogP) is 2.83. The van der Waals surface area contributed by atoms with Gasteiger partial charge in [0.2, 0.25) is 0 Å². The molecule has 0 saturated heterocycles. The summed E-state index contributed by atoms with van der Waals surface area (Å²) >= 11 is 0. The Labute approximate surface area is 143 Å². The fraction of sp³-hybridized carbons (Fsp3) is 1.00. The molecule has 13 aliphatic carbocycles. The van der Waals surface area contributed by atoms with Gasteiger partial charge in [-0.1, -0.05) is 0 Å². The van der Waals surface area contributed by atoms with Crippen LogP contribution < -0.4 is 0 Å². The molecule has 2 heteroatoms. The van der Waals surface area contributed by atoms with Gasteiger partial charge in [0.15, 0.2) is 0 Å². The van der Waals surface area contributed by atoms with E-state index in [9.17, 15) is 10.2 Å². The van der Waals surface area contributed by atoms with Crippen LogP contribution in [-0.2, 0) is 0 Å². The average molecular weight is 324 g/mol. The molecule has 0 aromatic heterocycles. The normalized spacial score (nSPS) is 85.2. The monoisotopic (exact) mass is 324 g/mol. The van der Waals surface area contributed by atoms with Crippen LogP contribution in [0, 0.1) is 70.0 Å². The second-order valence-corrected chi connectivity index (χ2v) is 12.6. The van der Waals surface area contributed by atoms with Crippen LogP contribution in [0.4, 0.5) is 0 Å². The molecule has 2 spiro atoms. The molecule has 0 aliphatic heterocycles. The SMILES string of the molecule is OC12CC3C4CC56CC7(O)CC8C9CC(C1)(C3C85)C(C4C2)C6C9C7. The minimum atomic E-state index is -0.273. The summed E-state index contributed by atoms with van der Waals surface area (Å²) < 4.78 is 0. The number of aliphatic hydroxyl groups is 2. The van der Waals surface area contributed by atoms with Crippen molar-refractivity contribution >= 4 is 0 Å². The molecule has 0 amide bonds. The highest BCUT2D eigenvalue weighted by atomic mass is 16.3. The Morgan fingerprint density at radius 1 is 0.458 bits per heavy atom. The van der Waals surface area contributed by atoms with Crippen molar-refractivity contribution in [3.8, 4) is 0 Å². The van der Waals surface area contributed by atoms with Crippen LogP contribution in [0.25, 0.3) is 0 Å². The molecular formula is C22H28O2. The van der Waals surface area contributed by atoms with Crippen molar-refractivity contribution in [2.45, 2.75) is 62.6 Å². The third kappa shape index (κ3) is 0.855. The van der Waals surface area contributed by atoms with E-state index in [1.54, 1.807) is 0 Å². The van der Waals surface area contributed by atoms with E-state index < -0.39 is 0 Å². The molecule has 13 fully saturated rings. The van der Waals surface area contributed by atoms with Gasteiger partial charge in [-0.05, 0) is 121 Å². The minimum absolute atomic E-state index is 0.273. The lowest BCUT2D eigenvalue weighted by Gasteiger charge is -2.92. The van der Waals surface area contributed by atoms with Crippen LogP contribution in [0.1, 0.15) is 51.4 Å². The van der Waals surface area contributed by atoms with E-state index in [-0.39, 0.29) is 11.2 Å². The second kappa shape index (κ2) is 2.87. The van der Waals surface area contributed by atoms with Crippen LogP contribution in [-0.4, -0.2) is 21.4 Å². The Hall–Kier alpha value is -0.0800. The van der Waals surface area contributed by atoms with Crippen molar-refractivity contribution in [1.29, 1.82) is 0 Å². The lowest BCUT2D eigenvalue weighted by Crippen LogP contribution is -2.88. The molecule has 13 aliphatic rings. The van der Waals surface area contributed by atoms with Gasteiger partial charge in [0.25, 0.3) is 0 Å². The van der Waals surface area contributed by atoms with Gasteiger partial charge in [0.05, 0.1) is 11.2 Å². The van der Waals surface area contributed by atoms with Gasteiger partial charge in [0.1, 0.15) is 0 Å². The maximum atomic E-state index is 11.4. The Balaban J connectivity index is 1.40. The molecule has 2 nitrogen and oxygen atoms in total. The standard InChI is InChI=1S/C22H28O2/c23-19-1-11-9-5-22-8-20(24)3-13-10-6-21(7-19,15(11)16(13)22)17(12(9)2-19)18(22)14(10)4-20/h9-18,23-24H,1-8H2. The van der Waals surface area contributed by atoms with E-state index >= 15 is 0 Å². The molecule has 14 bridgehead atoms. The molecule has 13 rings (SSSR count). The van der Waals surface area contributed by atoms with Crippen molar-refractivity contribution in [2.75, 3.05) is 0 Å². The smallest absolute Gasteiger partial charge is 0.0659 e. The third-order valence-electron chi connectivity index (χ3n) is 12.5. The molecule has 8 unspecified atom stereocenters. The Bertz CT molecular complexity index is 638. The van der Waals surface area contributed by atoms with E-state index in [0.29, 0.717) is 10.8 Å². The van der Waals surface area contributed by atoms with Crippen molar-refractivity contribution in [3.63, 3.8) is 0 Å². The lowest BCUT2D eigenvalue weighted by molar-refractivity contribution is -0.455. The highest BCUT2D eigenvalue weighted by Gasteiger charge is 2.89. The van der Waals surface area contributed by atoms with E-state index in [2.05, 4.69) is 0 Å². The summed E-state index contributed by atoms with van der Waals surface area (Å²) in [5.74, 6) is 9.14. The van der Waals surface area contributed by atoms with Crippen LogP contribution in [0.5, 0.6) is 0 Å². The van der Waals surface area contributed by atoms with Crippen LogP contribution in [0.2, 0.25) is 0 Å². The largest absolute Gasteiger partial charge is 0.390 e. The Morgan fingerprint density at radius 2 is 0.792 bits per heavy atom. The van der Waals surface area contributed by atoms with Gasteiger partial charge in [0, 0.05) is 0 Å². The zero-order valence-corrected chi connectivity index (χ0v) is 14.3. The maximum absolute atomic E-state index is 11.4. The molecule has 2 N–H and O–H groups in total. The van der Waals surface area contributed by atoms with Gasteiger partial charge in [-0.3, -0.25) is 0 Å². The van der Waals surface area contributed by atoms with Crippen LogP contribution in [0.3, 0.4) is 0 Å². The predicted molar refractivity (Wildman–Crippen MR) is 86.6 cm³/mol. The van der Waals surface area contributed by atoms with E-state index in [1.165, 1.54) is 25.7 Å². The van der Waals surface area contributed by atoms with Crippen molar-refractivity contribution < 1.29 is 10.2 Å². The maximum Gasteiger partial charge on any atom is 0.0659 e. The van der Waals surface area contributed by atoms with Gasteiger partial charge < -0.3 is 10.2 Å². The first-order chi connectivity index (χ1) is 11.5. The van der Waals surface area contributed by atoms with Gasteiger partial charge in [-0.15, -0.1) is 0 Å². The molecule has 24 heavy (non-hydrogen) atoms. The molecule has 0 aromatic carbocycles. The molecule has 0 heterocycles. The molecule has 0 aromatic rings. The quantitative estimate of drug-likeness (QED) is 0.719. The summed E-state index contributed by atoms with van der Waals surface area (Å²) in [5, 5.41) is 22.8. The first-order valence-electron chi connectivity index (χ1n) is 10.9. The minimum Gasteiger partial charge on any atom is -0.390 e. The topological polar surface area (TPSA) is 40.5 Å². The summed E-state index contributed by atoms with van der Waals surface area (Å²) in [6, 6.07) is 0. The average Bonchev–Trinajstić information content (AvgIpc) is 2.50. The summed E-state index contributed by atoms with van der Waals surface area (Å²) in [7, 11) is 0. The second-order valence-electron chi connectivity index (χ2n) is 12.6. The van der Waals surface area contributed by atoms with E-state index in [4.69, 9.17) is 0 Å². The van der Waals surface area contributed by atoms with Gasteiger partial charge in [-0.2, -0.15) is 0 Å². The van der Waals surface area contributed by atoms with Gasteiger partial charge >= 0.3 is 0 Å². The summed E-state index contributed by atoms with van der Waals surface area (Å²) in [6.07, 6.45) is 9.87. The van der Waals surface area contributed by atoms with E-state index in [1.807, 2.05) is 0 Å². The van der Waals surface area contributed by atoms with Gasteiger partial charge in [-0.25, -0.2) is 0 Å². The molecule has 128 valence electrons. The molecule has 13 saturated carbocycles. The molecular weight excluding hydrogens is 296 g/mol. The highest BCUT2D eigenvalue weighted by Crippen LogP contribution is 2.93. The van der Waals surface area contributed by atoms with Crippen LogP contribution in [0.15, 0.2) is 0 Å². The summed E-state index contributed by atoms with van der Waals surface area (Å²) in [6.45, 7) is 0. The van der Waals surface area contributed by atoms with Crippen molar-refractivity contribution in [3.05, 3.63) is 0 Å². The number of rotatable bonds is 0. The van der Waals surface area contributed by atoms with E-state index in [0.717, 1.165) is 84.9 Å². The summed E-state index contributed by atoms with van der Waals surface area (Å²) in [5.41, 5.74) is 0.566. The highest BCUT2D eigenvalue weighted by molar-refractivity contribution is 5.37. The number of hydrogen-bond acceptors (Lipinski definition) is 2. The van der Waals surface area contributed by atoms with Crippen molar-refractivity contribution in [2.24, 2.45) is 70.0 Å². The molecule has 8 atom stereocenters. The fourth-order valence-corrected chi connectivity index (χ4v) is 13.5. The number of hydrogen-bond donors (Lipinski definition) is 2. The van der Waals surface area contributed by atoms with Crippen LogP contribution >= 0.6 is 0 Å². The molecule has 0 radical (unpaired) electrons. The zero-order chi connectivity index (χ0) is 15.4. The first kappa shape index (κ1) is 12.3. The fourth-order valence-electron chi connectivity index (χ4n) is 13.5. The lowest BCUT2D eigenvalue weighted by atomic mass is 9.13. The zero-order valence-electron chi connectivity index (χ0n) is 14.3. The Kier molecular flexibility index (Phi) is 1.48. The van der Waals surface area contributed by atoms with Crippen molar-refractivity contribution in [1.82, 2.24) is 0 Å². The summed E-state index contributed by atoms with van der Waals surface area (Å²) in [4.78, 5) is 0. The Morgan fingerprint density at radius 3 is 1.12 bits per heavy atom.